The molecule has 0 aromatic rings. The van der Waals surface area contributed by atoms with Crippen molar-refractivity contribution in [3.63, 3.8) is 0 Å². The van der Waals surface area contributed by atoms with Crippen LogP contribution >= 0.6 is 0 Å². The minimum Gasteiger partial charge on any atom is -0.394 e. The Morgan fingerprint density at radius 3 is 2.15 bits per heavy atom. The van der Waals surface area contributed by atoms with E-state index in [9.17, 15) is 15.3 Å². The van der Waals surface area contributed by atoms with Crippen LogP contribution in [0, 0.1) is 46.3 Å². The molecule has 0 aromatic heterocycles. The van der Waals surface area contributed by atoms with E-state index >= 15 is 0 Å². The molecule has 198 valence electrons. The van der Waals surface area contributed by atoms with Gasteiger partial charge >= 0.3 is 0 Å². The summed E-state index contributed by atoms with van der Waals surface area (Å²) >= 11 is 0. The van der Waals surface area contributed by atoms with Crippen molar-refractivity contribution in [3.05, 3.63) is 0 Å². The Morgan fingerprint density at radius 1 is 0.794 bits per heavy atom. The minimum absolute atomic E-state index is 0.0663. The van der Waals surface area contributed by atoms with Gasteiger partial charge in [0.05, 0.1) is 58.0 Å². The molecule has 0 spiro atoms. The lowest BCUT2D eigenvalue weighted by molar-refractivity contribution is -0.229. The highest BCUT2D eigenvalue weighted by atomic mass is 16.5. The van der Waals surface area contributed by atoms with Crippen molar-refractivity contribution in [2.75, 3.05) is 39.6 Å². The maximum absolute atomic E-state index is 9.61. The van der Waals surface area contributed by atoms with Crippen molar-refractivity contribution in [2.24, 2.45) is 46.3 Å². The van der Waals surface area contributed by atoms with E-state index in [1.807, 2.05) is 0 Å². The van der Waals surface area contributed by atoms with E-state index in [0.29, 0.717) is 55.3 Å². The summed E-state index contributed by atoms with van der Waals surface area (Å²) in [6.45, 7) is 11.2. The molecule has 4 aliphatic rings. The molecule has 10 atom stereocenters. The van der Waals surface area contributed by atoms with Gasteiger partial charge in [-0.05, 0) is 85.9 Å². The van der Waals surface area contributed by atoms with Crippen molar-refractivity contribution in [3.8, 4) is 0 Å². The first-order chi connectivity index (χ1) is 16.3. The predicted octanol–water partition coefficient (Wildman–Crippen LogP) is 3.65. The molecular formula is C28H50O6. The molecule has 6 heteroatoms. The molecule has 6 nitrogen and oxygen atoms in total. The summed E-state index contributed by atoms with van der Waals surface area (Å²) in [7, 11) is 0. The molecular weight excluding hydrogens is 432 g/mol. The Kier molecular flexibility index (Phi) is 8.69. The van der Waals surface area contributed by atoms with Gasteiger partial charge in [-0.1, -0.05) is 27.7 Å². The number of fused-ring (bicyclic) bond motifs is 5. The third-order valence-corrected chi connectivity index (χ3v) is 10.8. The number of aliphatic hydroxyl groups excluding tert-OH is 3. The molecule has 4 saturated carbocycles. The van der Waals surface area contributed by atoms with E-state index in [1.54, 1.807) is 0 Å². The number of hydrogen-bond acceptors (Lipinski definition) is 6. The van der Waals surface area contributed by atoms with Crippen molar-refractivity contribution >= 4 is 0 Å². The van der Waals surface area contributed by atoms with E-state index in [2.05, 4.69) is 27.7 Å². The van der Waals surface area contributed by atoms with Crippen molar-refractivity contribution in [2.45, 2.75) is 91.0 Å². The number of hydrogen-bond donors (Lipinski definition) is 3. The quantitative estimate of drug-likeness (QED) is 0.441. The van der Waals surface area contributed by atoms with Crippen molar-refractivity contribution < 1.29 is 29.5 Å². The topological polar surface area (TPSA) is 88.4 Å². The maximum Gasteiger partial charge on any atom is 0.0701 e. The highest BCUT2D eigenvalue weighted by Crippen LogP contribution is 2.69. The van der Waals surface area contributed by atoms with Gasteiger partial charge in [-0.3, -0.25) is 0 Å². The highest BCUT2D eigenvalue weighted by Gasteiger charge is 2.66. The Morgan fingerprint density at radius 2 is 1.47 bits per heavy atom. The summed E-state index contributed by atoms with van der Waals surface area (Å²) < 4.78 is 19.0. The summed E-state index contributed by atoms with van der Waals surface area (Å²) in [5.74, 6) is 3.29. The van der Waals surface area contributed by atoms with Gasteiger partial charge in [-0.15, -0.1) is 0 Å². The second-order valence-electron chi connectivity index (χ2n) is 12.5. The van der Waals surface area contributed by atoms with Crippen molar-refractivity contribution in [1.29, 1.82) is 0 Å². The third kappa shape index (κ3) is 4.61. The largest absolute Gasteiger partial charge is 0.394 e. The van der Waals surface area contributed by atoms with E-state index < -0.39 is 0 Å². The number of aliphatic hydroxyl groups is 3. The fraction of sp³-hybridized carbons (Fsp3) is 1.00. The van der Waals surface area contributed by atoms with Crippen LogP contribution in [0.4, 0.5) is 0 Å². The minimum atomic E-state index is 0.0663. The van der Waals surface area contributed by atoms with Crippen LogP contribution in [0.1, 0.15) is 72.6 Å². The Balaban J connectivity index is 1.67. The maximum atomic E-state index is 9.61. The monoisotopic (exact) mass is 482 g/mol. The molecule has 3 N–H and O–H groups in total. The van der Waals surface area contributed by atoms with Gasteiger partial charge < -0.3 is 29.5 Å². The average Bonchev–Trinajstić information content (AvgIpc) is 3.18. The number of rotatable bonds is 10. The van der Waals surface area contributed by atoms with Gasteiger partial charge in [-0.25, -0.2) is 0 Å². The lowest BCUT2D eigenvalue weighted by Crippen LogP contribution is -2.63. The van der Waals surface area contributed by atoms with Gasteiger partial charge in [-0.2, -0.15) is 0 Å². The molecule has 0 amide bonds. The van der Waals surface area contributed by atoms with E-state index in [1.165, 1.54) is 12.8 Å². The van der Waals surface area contributed by atoms with Gasteiger partial charge in [0.1, 0.15) is 0 Å². The molecule has 0 heterocycles. The summed E-state index contributed by atoms with van der Waals surface area (Å²) in [6, 6.07) is 0. The molecule has 4 aliphatic carbocycles. The summed E-state index contributed by atoms with van der Waals surface area (Å²) in [5, 5.41) is 28.4. The second kappa shape index (κ2) is 11.0. The van der Waals surface area contributed by atoms with Crippen LogP contribution in [-0.2, 0) is 14.2 Å². The van der Waals surface area contributed by atoms with Crippen molar-refractivity contribution in [1.82, 2.24) is 0 Å². The molecule has 0 saturated heterocycles. The first-order valence-corrected chi connectivity index (χ1v) is 14.0. The number of ether oxygens (including phenoxy) is 3. The molecule has 6 unspecified atom stereocenters. The average molecular weight is 483 g/mol. The van der Waals surface area contributed by atoms with Crippen LogP contribution in [0.15, 0.2) is 0 Å². The molecule has 34 heavy (non-hydrogen) atoms. The SMILES string of the molecule is CC(C)C1CC[C@H]2C3[C@H](OCCO)CC4CC(OCCO)CCC4(C)[C@H]3C[C@H](OCCO)C12C. The molecule has 0 radical (unpaired) electrons. The molecule has 0 bridgehead atoms. The van der Waals surface area contributed by atoms with E-state index in [-0.39, 0.29) is 49.0 Å². The predicted molar refractivity (Wildman–Crippen MR) is 131 cm³/mol. The fourth-order valence-corrected chi connectivity index (χ4v) is 9.41. The van der Waals surface area contributed by atoms with Crippen LogP contribution in [0.5, 0.6) is 0 Å². The van der Waals surface area contributed by atoms with Crippen LogP contribution < -0.4 is 0 Å². The standard InChI is InChI=1S/C28H50O6/c1-18(2)21-5-6-22-26-23(17-25(28(21,22)4)34-14-11-31)27(3)8-7-20(32-12-9-29)15-19(27)16-24(26)33-13-10-30/h18-26,29-31H,5-17H2,1-4H3/t19?,20?,21?,22-,23-,24+,25-,26?,27?,28?/m0/s1. The smallest absolute Gasteiger partial charge is 0.0701 e. The van der Waals surface area contributed by atoms with Gasteiger partial charge in [0.15, 0.2) is 0 Å². The first-order valence-electron chi connectivity index (χ1n) is 14.0. The third-order valence-electron chi connectivity index (χ3n) is 10.8. The van der Waals surface area contributed by atoms with Gasteiger partial charge in [0.25, 0.3) is 0 Å². The molecule has 0 aliphatic heterocycles. The van der Waals surface area contributed by atoms with Crippen LogP contribution in [0.3, 0.4) is 0 Å². The molecule has 0 aromatic carbocycles. The lowest BCUT2D eigenvalue weighted by Gasteiger charge is -2.64. The first kappa shape index (κ1) is 26.8. The van der Waals surface area contributed by atoms with Crippen LogP contribution in [-0.4, -0.2) is 73.3 Å². The van der Waals surface area contributed by atoms with Crippen LogP contribution in [0.2, 0.25) is 0 Å². The Hall–Kier alpha value is -0.240. The zero-order chi connectivity index (χ0) is 24.5. The van der Waals surface area contributed by atoms with Crippen LogP contribution in [0.25, 0.3) is 0 Å². The zero-order valence-electron chi connectivity index (χ0n) is 22.0. The highest BCUT2D eigenvalue weighted by molar-refractivity contribution is 5.15. The zero-order valence-corrected chi connectivity index (χ0v) is 22.0. The Bertz CT molecular complexity index is 657. The summed E-state index contributed by atoms with van der Waals surface area (Å²) in [5.41, 5.74) is 0.316. The summed E-state index contributed by atoms with van der Waals surface area (Å²) in [4.78, 5) is 0. The van der Waals surface area contributed by atoms with Gasteiger partial charge in [0, 0.05) is 5.41 Å². The molecule has 4 fully saturated rings. The second-order valence-corrected chi connectivity index (χ2v) is 12.5. The lowest BCUT2D eigenvalue weighted by atomic mass is 9.43. The van der Waals surface area contributed by atoms with E-state index in [4.69, 9.17) is 14.2 Å². The summed E-state index contributed by atoms with van der Waals surface area (Å²) in [6.07, 6.45) is 8.31. The fourth-order valence-electron chi connectivity index (χ4n) is 9.41. The molecule has 4 rings (SSSR count). The van der Waals surface area contributed by atoms with Gasteiger partial charge in [0.2, 0.25) is 0 Å². The Labute approximate surface area is 206 Å². The normalized spacial score (nSPS) is 46.2. The van der Waals surface area contributed by atoms with E-state index in [0.717, 1.165) is 32.1 Å².